The molecular formula is C15H12FNO3. The number of fused-ring (bicyclic) bond motifs is 1. The van der Waals surface area contributed by atoms with Gasteiger partial charge in [0.05, 0.1) is 12.8 Å². The summed E-state index contributed by atoms with van der Waals surface area (Å²) in [6.07, 6.45) is 0. The number of aliphatic hydroxyl groups is 1. The number of rotatable bonds is 2. The van der Waals surface area contributed by atoms with Crippen LogP contribution in [0.15, 0.2) is 42.5 Å². The van der Waals surface area contributed by atoms with Gasteiger partial charge in [0, 0.05) is 11.1 Å². The quantitative estimate of drug-likeness (QED) is 0.880. The second kappa shape index (κ2) is 4.31. The Bertz CT molecular complexity index is 701. The molecular weight excluding hydrogens is 261 g/mol. The zero-order valence-electron chi connectivity index (χ0n) is 10.7. The van der Waals surface area contributed by atoms with Crippen LogP contribution in [0.1, 0.15) is 11.1 Å². The maximum atomic E-state index is 14.0. The molecule has 1 aliphatic heterocycles. The number of amides is 1. The maximum Gasteiger partial charge on any atom is 0.266 e. The summed E-state index contributed by atoms with van der Waals surface area (Å²) in [6.45, 7) is 0. The molecule has 102 valence electrons. The maximum absolute atomic E-state index is 14.0. The van der Waals surface area contributed by atoms with Crippen LogP contribution in [0.25, 0.3) is 0 Å². The summed E-state index contributed by atoms with van der Waals surface area (Å²) in [5.74, 6) is -0.911. The van der Waals surface area contributed by atoms with Crippen molar-refractivity contribution in [2.45, 2.75) is 5.60 Å². The Morgan fingerprint density at radius 1 is 1.15 bits per heavy atom. The molecule has 1 amide bonds. The number of hydrogen-bond donors (Lipinski definition) is 2. The summed E-state index contributed by atoms with van der Waals surface area (Å²) in [6, 6.07) is 10.5. The van der Waals surface area contributed by atoms with Crippen molar-refractivity contribution >= 4 is 11.6 Å². The lowest BCUT2D eigenvalue weighted by atomic mass is 9.87. The molecule has 0 saturated heterocycles. The van der Waals surface area contributed by atoms with E-state index in [2.05, 4.69) is 5.32 Å². The summed E-state index contributed by atoms with van der Waals surface area (Å²) < 4.78 is 19.1. The van der Waals surface area contributed by atoms with Gasteiger partial charge in [-0.3, -0.25) is 4.79 Å². The Balaban J connectivity index is 2.27. The SMILES string of the molecule is COc1cccc2c1NC(=O)C2(O)c1ccccc1F. The van der Waals surface area contributed by atoms with Crippen LogP contribution < -0.4 is 10.1 Å². The molecule has 0 radical (unpaired) electrons. The molecule has 20 heavy (non-hydrogen) atoms. The van der Waals surface area contributed by atoms with Crippen LogP contribution in [0, 0.1) is 5.82 Å². The average molecular weight is 273 g/mol. The number of halogens is 1. The molecule has 0 bridgehead atoms. The van der Waals surface area contributed by atoms with Gasteiger partial charge < -0.3 is 15.2 Å². The Morgan fingerprint density at radius 2 is 1.85 bits per heavy atom. The van der Waals surface area contributed by atoms with Gasteiger partial charge in [0.2, 0.25) is 0 Å². The van der Waals surface area contributed by atoms with Crippen molar-refractivity contribution in [3.05, 3.63) is 59.4 Å². The summed E-state index contributed by atoms with van der Waals surface area (Å²) in [7, 11) is 1.46. The summed E-state index contributed by atoms with van der Waals surface area (Å²) >= 11 is 0. The predicted octanol–water partition coefficient (Wildman–Crippen LogP) is 2.02. The first-order valence-electron chi connectivity index (χ1n) is 6.05. The Kier molecular flexibility index (Phi) is 2.72. The Hall–Kier alpha value is -2.40. The van der Waals surface area contributed by atoms with Crippen molar-refractivity contribution in [3.63, 3.8) is 0 Å². The molecule has 2 aromatic carbocycles. The highest BCUT2D eigenvalue weighted by molar-refractivity contribution is 6.08. The van der Waals surface area contributed by atoms with E-state index in [1.807, 2.05) is 0 Å². The van der Waals surface area contributed by atoms with Crippen LogP contribution in [0.3, 0.4) is 0 Å². The van der Waals surface area contributed by atoms with Crippen LogP contribution in [0.2, 0.25) is 0 Å². The van der Waals surface area contributed by atoms with Crippen molar-refractivity contribution in [2.24, 2.45) is 0 Å². The van der Waals surface area contributed by atoms with Gasteiger partial charge in [-0.15, -0.1) is 0 Å². The number of para-hydroxylation sites is 1. The zero-order valence-corrected chi connectivity index (χ0v) is 10.7. The lowest BCUT2D eigenvalue weighted by Gasteiger charge is -2.21. The highest BCUT2D eigenvalue weighted by atomic mass is 19.1. The normalized spacial score (nSPS) is 20.4. The monoisotopic (exact) mass is 273 g/mol. The molecule has 1 aliphatic rings. The zero-order chi connectivity index (χ0) is 14.3. The van der Waals surface area contributed by atoms with Gasteiger partial charge in [-0.25, -0.2) is 4.39 Å². The van der Waals surface area contributed by atoms with Crippen molar-refractivity contribution in [1.82, 2.24) is 0 Å². The molecule has 0 aliphatic carbocycles. The number of hydrogen-bond acceptors (Lipinski definition) is 3. The van der Waals surface area contributed by atoms with Crippen LogP contribution in [0.5, 0.6) is 5.75 Å². The van der Waals surface area contributed by atoms with Crippen LogP contribution in [-0.4, -0.2) is 18.1 Å². The first-order valence-corrected chi connectivity index (χ1v) is 6.05. The molecule has 5 heteroatoms. The molecule has 3 rings (SSSR count). The standard InChI is InChI=1S/C15H12FNO3/c1-20-12-8-4-6-10-13(12)17-14(18)15(10,19)9-5-2-3-7-11(9)16/h2-8,19H,1H3,(H,17,18). The first kappa shape index (κ1) is 12.6. The van der Waals surface area contributed by atoms with Crippen molar-refractivity contribution < 1.29 is 19.0 Å². The largest absolute Gasteiger partial charge is 0.495 e. The van der Waals surface area contributed by atoms with E-state index >= 15 is 0 Å². The van der Waals surface area contributed by atoms with Crippen molar-refractivity contribution in [3.8, 4) is 5.75 Å². The van der Waals surface area contributed by atoms with Crippen molar-refractivity contribution in [1.29, 1.82) is 0 Å². The third-order valence-electron chi connectivity index (χ3n) is 3.47. The third-order valence-corrected chi connectivity index (χ3v) is 3.47. The fraction of sp³-hybridized carbons (Fsp3) is 0.133. The molecule has 0 spiro atoms. The van der Waals surface area contributed by atoms with Gasteiger partial charge in [-0.1, -0.05) is 30.3 Å². The molecule has 2 N–H and O–H groups in total. The lowest BCUT2D eigenvalue weighted by molar-refractivity contribution is -0.129. The molecule has 0 fully saturated rings. The second-order valence-electron chi connectivity index (χ2n) is 4.53. The van der Waals surface area contributed by atoms with E-state index in [0.29, 0.717) is 11.4 Å². The Labute approximate surface area is 114 Å². The van der Waals surface area contributed by atoms with Crippen LogP contribution in [-0.2, 0) is 10.4 Å². The Morgan fingerprint density at radius 3 is 2.55 bits per heavy atom. The van der Waals surface area contributed by atoms with Crippen molar-refractivity contribution in [2.75, 3.05) is 12.4 Å². The highest BCUT2D eigenvalue weighted by Crippen LogP contribution is 2.45. The highest BCUT2D eigenvalue weighted by Gasteiger charge is 2.49. The average Bonchev–Trinajstić information content (AvgIpc) is 2.72. The van der Waals surface area contributed by atoms with E-state index in [1.165, 1.54) is 25.3 Å². The van der Waals surface area contributed by atoms with E-state index in [4.69, 9.17) is 4.74 Å². The van der Waals surface area contributed by atoms with Crippen LogP contribution >= 0.6 is 0 Å². The number of carbonyl (C=O) groups excluding carboxylic acids is 1. The topological polar surface area (TPSA) is 58.6 Å². The number of benzene rings is 2. The van der Waals surface area contributed by atoms with Gasteiger partial charge in [0.25, 0.3) is 5.91 Å². The smallest absolute Gasteiger partial charge is 0.266 e. The summed E-state index contributed by atoms with van der Waals surface area (Å²) in [4.78, 5) is 12.2. The minimum atomic E-state index is -2.05. The van der Waals surface area contributed by atoms with E-state index in [1.54, 1.807) is 24.3 Å². The first-order chi connectivity index (χ1) is 9.59. The van der Waals surface area contributed by atoms with Gasteiger partial charge >= 0.3 is 0 Å². The molecule has 4 nitrogen and oxygen atoms in total. The fourth-order valence-electron chi connectivity index (χ4n) is 2.48. The number of methoxy groups -OCH3 is 1. The van der Waals surface area contributed by atoms with Gasteiger partial charge in [-0.2, -0.15) is 0 Å². The van der Waals surface area contributed by atoms with E-state index in [-0.39, 0.29) is 11.1 Å². The minimum absolute atomic E-state index is 0.0792. The number of anilines is 1. The molecule has 1 unspecified atom stereocenters. The van der Waals surface area contributed by atoms with E-state index < -0.39 is 17.3 Å². The summed E-state index contributed by atoms with van der Waals surface area (Å²) in [5, 5.41) is 13.3. The third kappa shape index (κ3) is 1.53. The number of nitrogens with one attached hydrogen (secondary N) is 1. The molecule has 1 heterocycles. The van der Waals surface area contributed by atoms with Crippen LogP contribution in [0.4, 0.5) is 10.1 Å². The molecule has 1 atom stereocenters. The van der Waals surface area contributed by atoms with Gasteiger partial charge in [0.1, 0.15) is 11.6 Å². The predicted molar refractivity (Wildman–Crippen MR) is 71.0 cm³/mol. The van der Waals surface area contributed by atoms with E-state index in [9.17, 15) is 14.3 Å². The number of carbonyl (C=O) groups is 1. The molecule has 0 saturated carbocycles. The number of ether oxygens (including phenoxy) is 1. The van der Waals surface area contributed by atoms with Gasteiger partial charge in [-0.05, 0) is 12.1 Å². The molecule has 2 aromatic rings. The summed E-state index contributed by atoms with van der Waals surface area (Å²) in [5.41, 5.74) is -1.47. The second-order valence-corrected chi connectivity index (χ2v) is 4.53. The molecule has 0 aromatic heterocycles. The minimum Gasteiger partial charge on any atom is -0.495 e. The lowest BCUT2D eigenvalue weighted by Crippen LogP contribution is -2.36. The van der Waals surface area contributed by atoms with Gasteiger partial charge in [0.15, 0.2) is 5.60 Å². The van der Waals surface area contributed by atoms with E-state index in [0.717, 1.165) is 0 Å². The fourth-order valence-corrected chi connectivity index (χ4v) is 2.48.